The number of aromatic amines is 1. The maximum absolute atomic E-state index is 11.7. The van der Waals surface area contributed by atoms with Crippen LogP contribution in [0.15, 0.2) is 41.2 Å². The molecule has 2 N–H and O–H groups in total. The average Bonchev–Trinajstić information content (AvgIpc) is 3.53. The van der Waals surface area contributed by atoms with E-state index in [0.29, 0.717) is 24.0 Å². The Hall–Kier alpha value is -3.76. The number of methoxy groups -OCH3 is 1. The van der Waals surface area contributed by atoms with Gasteiger partial charge in [0.2, 0.25) is 11.8 Å². The Morgan fingerprint density at radius 3 is 2.63 bits per heavy atom. The smallest absolute Gasteiger partial charge is 0.341 e. The summed E-state index contributed by atoms with van der Waals surface area (Å²) in [5.74, 6) is 0.259. The van der Waals surface area contributed by atoms with Crippen molar-refractivity contribution in [3.05, 3.63) is 48.1 Å². The molecule has 10 heteroatoms. The number of fused-ring (bicyclic) bond motifs is 1. The number of pyridine rings is 1. The third kappa shape index (κ3) is 4.62. The molecule has 1 saturated heterocycles. The quantitative estimate of drug-likeness (QED) is 0.413. The Kier molecular flexibility index (Phi) is 6.23. The third-order valence-electron chi connectivity index (χ3n) is 6.47. The second-order valence-corrected chi connectivity index (χ2v) is 8.98. The minimum absolute atomic E-state index is 0.00719. The van der Waals surface area contributed by atoms with Crippen LogP contribution < -0.4 is 4.74 Å². The van der Waals surface area contributed by atoms with Gasteiger partial charge >= 0.3 is 5.97 Å². The van der Waals surface area contributed by atoms with Gasteiger partial charge in [-0.1, -0.05) is 0 Å². The zero-order valence-electron chi connectivity index (χ0n) is 20.0. The molecular weight excluding hydrogens is 448 g/mol. The van der Waals surface area contributed by atoms with Gasteiger partial charge in [0.05, 0.1) is 31.6 Å². The summed E-state index contributed by atoms with van der Waals surface area (Å²) in [6.07, 6.45) is 5.10. The molecule has 10 nitrogen and oxygen atoms in total. The highest BCUT2D eigenvalue weighted by molar-refractivity contribution is 5.97. The number of H-pyrrole nitrogens is 1. The van der Waals surface area contributed by atoms with Crippen LogP contribution in [-0.4, -0.2) is 80.4 Å². The predicted molar refractivity (Wildman–Crippen MR) is 130 cm³/mol. The van der Waals surface area contributed by atoms with E-state index in [1.165, 1.54) is 7.11 Å². The summed E-state index contributed by atoms with van der Waals surface area (Å²) in [7, 11) is 1.40. The van der Waals surface area contributed by atoms with Crippen LogP contribution in [0.2, 0.25) is 0 Å². The van der Waals surface area contributed by atoms with Crippen molar-refractivity contribution in [2.45, 2.75) is 26.4 Å². The number of nitrogens with zero attached hydrogens (tertiary/aromatic N) is 5. The van der Waals surface area contributed by atoms with Crippen LogP contribution in [-0.2, 0) is 6.54 Å². The molecule has 0 spiro atoms. The summed E-state index contributed by atoms with van der Waals surface area (Å²) >= 11 is 0. The maximum atomic E-state index is 11.7. The highest BCUT2D eigenvalue weighted by Crippen LogP contribution is 2.34. The number of piperazine rings is 1. The van der Waals surface area contributed by atoms with E-state index in [0.717, 1.165) is 54.0 Å². The highest BCUT2D eigenvalue weighted by atomic mass is 16.5. The number of carboxylic acids is 1. The van der Waals surface area contributed by atoms with E-state index >= 15 is 0 Å². The van der Waals surface area contributed by atoms with Crippen LogP contribution in [0.25, 0.3) is 33.5 Å². The van der Waals surface area contributed by atoms with Gasteiger partial charge in [-0.15, -0.1) is 0 Å². The Morgan fingerprint density at radius 2 is 1.91 bits per heavy atom. The van der Waals surface area contributed by atoms with Crippen molar-refractivity contribution >= 4 is 16.9 Å². The summed E-state index contributed by atoms with van der Waals surface area (Å²) in [6.45, 7) is 9.24. The molecule has 35 heavy (non-hydrogen) atoms. The largest absolute Gasteiger partial charge is 0.480 e. The zero-order chi connectivity index (χ0) is 24.5. The first-order chi connectivity index (χ1) is 16.9. The van der Waals surface area contributed by atoms with Crippen molar-refractivity contribution in [1.29, 1.82) is 0 Å². The molecule has 4 heterocycles. The number of aromatic nitrogens is 4. The topological polar surface area (TPSA) is 121 Å². The fraction of sp³-hybridized carbons (Fsp3) is 0.360. The molecule has 3 aromatic heterocycles. The standard InChI is InChI=1S/C25H28N6O4/c1-15(2)31-6-4-30(5-7-31)14-18-12-27-24(35-18)19-8-16(10-22-21(19)13-28-29-22)17-9-20(25(32)33)23(34-3)26-11-17/h8-13,15H,4-7,14H2,1-3H3,(H,28,29)(H,32,33). The SMILES string of the molecule is COc1ncc(-c2cc(-c3ncc(CN4CCN(C(C)C)CC4)o3)c3cn[nH]c3c2)cc1C(=O)O. The molecular formula is C25H28N6O4. The maximum Gasteiger partial charge on any atom is 0.341 e. The van der Waals surface area contributed by atoms with Crippen LogP contribution >= 0.6 is 0 Å². The first-order valence-corrected chi connectivity index (χ1v) is 11.6. The van der Waals surface area contributed by atoms with Gasteiger partial charge in [-0.3, -0.25) is 14.9 Å². The van der Waals surface area contributed by atoms with E-state index < -0.39 is 5.97 Å². The molecule has 0 saturated carbocycles. The lowest BCUT2D eigenvalue weighted by Gasteiger charge is -2.36. The number of rotatable bonds is 7. The molecule has 1 aliphatic rings. The average molecular weight is 477 g/mol. The Balaban J connectivity index is 1.44. The lowest BCUT2D eigenvalue weighted by atomic mass is 10.0. The van der Waals surface area contributed by atoms with Gasteiger partial charge in [-0.25, -0.2) is 14.8 Å². The molecule has 1 aliphatic heterocycles. The minimum Gasteiger partial charge on any atom is -0.480 e. The number of aromatic carboxylic acids is 1. The van der Waals surface area contributed by atoms with Crippen molar-refractivity contribution in [3.63, 3.8) is 0 Å². The normalized spacial score (nSPS) is 15.2. The van der Waals surface area contributed by atoms with Crippen LogP contribution in [0.1, 0.15) is 30.0 Å². The lowest BCUT2D eigenvalue weighted by molar-refractivity contribution is 0.0692. The molecule has 0 bridgehead atoms. The Labute approximate surface area is 202 Å². The van der Waals surface area contributed by atoms with Crippen LogP contribution in [0.5, 0.6) is 5.88 Å². The number of carboxylic acid groups (broad SMARTS) is 1. The highest BCUT2D eigenvalue weighted by Gasteiger charge is 2.21. The summed E-state index contributed by atoms with van der Waals surface area (Å²) < 4.78 is 11.3. The molecule has 0 amide bonds. The number of oxazole rings is 1. The molecule has 182 valence electrons. The fourth-order valence-corrected chi connectivity index (χ4v) is 4.48. The molecule has 0 aliphatic carbocycles. The molecule has 4 aromatic rings. The van der Waals surface area contributed by atoms with E-state index in [4.69, 9.17) is 9.15 Å². The van der Waals surface area contributed by atoms with E-state index in [-0.39, 0.29) is 11.4 Å². The van der Waals surface area contributed by atoms with Crippen molar-refractivity contribution < 1.29 is 19.1 Å². The summed E-state index contributed by atoms with van der Waals surface area (Å²) in [5.41, 5.74) is 2.95. The Bertz CT molecular complexity index is 1350. The van der Waals surface area contributed by atoms with E-state index in [9.17, 15) is 9.90 Å². The van der Waals surface area contributed by atoms with Gasteiger partial charge in [0, 0.05) is 54.9 Å². The first-order valence-electron chi connectivity index (χ1n) is 11.6. The number of ether oxygens (including phenoxy) is 1. The Morgan fingerprint density at radius 1 is 1.11 bits per heavy atom. The van der Waals surface area contributed by atoms with E-state index in [1.807, 2.05) is 12.1 Å². The van der Waals surface area contributed by atoms with Gasteiger partial charge < -0.3 is 14.3 Å². The van der Waals surface area contributed by atoms with Crippen molar-refractivity contribution in [2.75, 3.05) is 33.3 Å². The van der Waals surface area contributed by atoms with Crippen LogP contribution in [0.4, 0.5) is 0 Å². The number of benzene rings is 1. The lowest BCUT2D eigenvalue weighted by Crippen LogP contribution is -2.48. The summed E-state index contributed by atoms with van der Waals surface area (Å²) in [5, 5.41) is 17.6. The van der Waals surface area contributed by atoms with Crippen molar-refractivity contribution in [2.24, 2.45) is 0 Å². The zero-order valence-corrected chi connectivity index (χ0v) is 20.0. The number of carbonyl (C=O) groups is 1. The minimum atomic E-state index is -1.11. The summed E-state index contributed by atoms with van der Waals surface area (Å²) in [4.78, 5) is 25.3. The second kappa shape index (κ2) is 9.47. The second-order valence-electron chi connectivity index (χ2n) is 8.98. The van der Waals surface area contributed by atoms with Gasteiger partial charge in [-0.05, 0) is 37.6 Å². The van der Waals surface area contributed by atoms with Gasteiger partial charge in [0.1, 0.15) is 11.3 Å². The van der Waals surface area contributed by atoms with Crippen LogP contribution in [0, 0.1) is 0 Å². The molecule has 5 rings (SSSR count). The van der Waals surface area contributed by atoms with E-state index in [1.54, 1.807) is 24.7 Å². The number of hydrogen-bond donors (Lipinski definition) is 2. The predicted octanol–water partition coefficient (Wildman–Crippen LogP) is 3.51. The van der Waals surface area contributed by atoms with Gasteiger partial charge in [-0.2, -0.15) is 5.10 Å². The number of nitrogens with one attached hydrogen (secondary N) is 1. The molecule has 0 unspecified atom stereocenters. The van der Waals surface area contributed by atoms with Gasteiger partial charge in [0.15, 0.2) is 0 Å². The molecule has 1 fully saturated rings. The number of hydrogen-bond acceptors (Lipinski definition) is 8. The summed E-state index contributed by atoms with van der Waals surface area (Å²) in [6, 6.07) is 5.93. The first kappa shape index (κ1) is 23.0. The monoisotopic (exact) mass is 476 g/mol. The van der Waals surface area contributed by atoms with Crippen molar-refractivity contribution in [3.8, 4) is 28.5 Å². The van der Waals surface area contributed by atoms with Crippen molar-refractivity contribution in [1.82, 2.24) is 30.0 Å². The van der Waals surface area contributed by atoms with E-state index in [2.05, 4.69) is 43.8 Å². The fourth-order valence-electron chi connectivity index (χ4n) is 4.48. The van der Waals surface area contributed by atoms with Crippen LogP contribution in [0.3, 0.4) is 0 Å². The molecule has 1 aromatic carbocycles. The molecule has 0 atom stereocenters. The molecule has 0 radical (unpaired) electrons. The third-order valence-corrected chi connectivity index (χ3v) is 6.47. The van der Waals surface area contributed by atoms with Gasteiger partial charge in [0.25, 0.3) is 0 Å².